The maximum Gasteiger partial charge on any atom is 0.279 e. The van der Waals surface area contributed by atoms with Gasteiger partial charge in [-0.1, -0.05) is 11.6 Å². The topological polar surface area (TPSA) is 42.8 Å². The largest absolute Gasteiger partial charge is 0.496 e. The van der Waals surface area contributed by atoms with Crippen molar-refractivity contribution < 1.29 is 23.2 Å². The number of benzene rings is 2. The molecule has 0 aliphatic heterocycles. The Morgan fingerprint density at radius 3 is 2.58 bits per heavy atom. The van der Waals surface area contributed by atoms with E-state index in [1.54, 1.807) is 7.11 Å². The van der Waals surface area contributed by atoms with Crippen molar-refractivity contribution in [3.05, 3.63) is 59.2 Å². The summed E-state index contributed by atoms with van der Waals surface area (Å²) in [6.07, 6.45) is 0. The van der Waals surface area contributed by atoms with E-state index in [2.05, 4.69) is 5.32 Å². The van der Waals surface area contributed by atoms with E-state index in [4.69, 9.17) is 4.74 Å². The van der Waals surface area contributed by atoms with Gasteiger partial charge in [-0.05, 0) is 31.2 Å². The van der Waals surface area contributed by atoms with Gasteiger partial charge in [0, 0.05) is 17.3 Å². The summed E-state index contributed by atoms with van der Waals surface area (Å²) in [7, 11) is 3.49. The summed E-state index contributed by atoms with van der Waals surface area (Å²) < 4.78 is 31.4. The van der Waals surface area contributed by atoms with Gasteiger partial charge in [0.2, 0.25) is 0 Å². The van der Waals surface area contributed by atoms with Crippen molar-refractivity contribution in [2.45, 2.75) is 13.5 Å². The molecule has 2 rings (SSSR count). The second-order valence-electron chi connectivity index (χ2n) is 5.80. The highest BCUT2D eigenvalue weighted by Crippen LogP contribution is 2.18. The zero-order valence-corrected chi connectivity index (χ0v) is 14.0. The summed E-state index contributed by atoms with van der Waals surface area (Å²) in [6, 6.07) is 9.17. The van der Waals surface area contributed by atoms with Crippen LogP contribution in [-0.4, -0.2) is 26.6 Å². The summed E-state index contributed by atoms with van der Waals surface area (Å²) in [4.78, 5) is 13.0. The summed E-state index contributed by atoms with van der Waals surface area (Å²) in [5.41, 5.74) is 2.36. The Hall–Kier alpha value is -2.47. The third kappa shape index (κ3) is 4.76. The molecule has 1 unspecified atom stereocenters. The molecule has 0 spiro atoms. The van der Waals surface area contributed by atoms with Crippen LogP contribution >= 0.6 is 0 Å². The highest BCUT2D eigenvalue weighted by molar-refractivity contribution is 5.91. The zero-order valence-electron chi connectivity index (χ0n) is 14.0. The van der Waals surface area contributed by atoms with Crippen LogP contribution in [-0.2, 0) is 11.3 Å². The lowest BCUT2D eigenvalue weighted by molar-refractivity contribution is -0.885. The average Bonchev–Trinajstić information content (AvgIpc) is 2.51. The maximum atomic E-state index is 13.2. The van der Waals surface area contributed by atoms with Crippen LogP contribution in [0.4, 0.5) is 14.5 Å². The molecule has 0 saturated heterocycles. The Morgan fingerprint density at radius 2 is 1.92 bits per heavy atom. The van der Waals surface area contributed by atoms with Gasteiger partial charge in [0.05, 0.1) is 14.2 Å². The zero-order chi connectivity index (χ0) is 17.7. The standard InChI is InChI=1S/C18H20F2N2O2/c1-12-4-7-17(24-3)13(8-12)10-22(2)11-18(23)21-14-5-6-15(19)16(20)9-14/h4-9H,10-11H2,1-3H3,(H,21,23)/p+1. The lowest BCUT2D eigenvalue weighted by Crippen LogP contribution is -3.08. The van der Waals surface area contributed by atoms with Crippen LogP contribution in [0.5, 0.6) is 5.75 Å². The van der Waals surface area contributed by atoms with Crippen molar-refractivity contribution in [2.24, 2.45) is 0 Å². The van der Waals surface area contributed by atoms with Crippen LogP contribution in [0.3, 0.4) is 0 Å². The SMILES string of the molecule is COc1ccc(C)cc1C[NH+](C)CC(=O)Nc1ccc(F)c(F)c1. The normalized spacial score (nSPS) is 11.9. The number of anilines is 1. The third-order valence-corrected chi connectivity index (χ3v) is 3.59. The van der Waals surface area contributed by atoms with Gasteiger partial charge in [0.25, 0.3) is 5.91 Å². The number of methoxy groups -OCH3 is 1. The van der Waals surface area contributed by atoms with Crippen molar-refractivity contribution in [1.82, 2.24) is 0 Å². The molecule has 0 aliphatic rings. The molecule has 0 saturated carbocycles. The van der Waals surface area contributed by atoms with Gasteiger partial charge in [-0.3, -0.25) is 4.79 Å². The van der Waals surface area contributed by atoms with Crippen LogP contribution in [0.2, 0.25) is 0 Å². The first kappa shape index (κ1) is 17.9. The summed E-state index contributed by atoms with van der Waals surface area (Å²) in [6.45, 7) is 2.79. The number of carbonyl (C=O) groups excluding carboxylic acids is 1. The summed E-state index contributed by atoms with van der Waals surface area (Å²) in [5.74, 6) is -1.42. The first-order valence-corrected chi connectivity index (χ1v) is 7.58. The maximum absolute atomic E-state index is 13.2. The molecule has 2 aromatic carbocycles. The minimum Gasteiger partial charge on any atom is -0.496 e. The van der Waals surface area contributed by atoms with Gasteiger partial charge in [-0.2, -0.15) is 0 Å². The fourth-order valence-electron chi connectivity index (χ4n) is 2.49. The second kappa shape index (κ2) is 7.88. The molecule has 1 atom stereocenters. The van der Waals surface area contributed by atoms with E-state index in [-0.39, 0.29) is 18.1 Å². The van der Waals surface area contributed by atoms with Crippen LogP contribution < -0.4 is 15.0 Å². The molecule has 0 fully saturated rings. The average molecular weight is 335 g/mol. The number of nitrogens with one attached hydrogen (secondary N) is 2. The Morgan fingerprint density at radius 1 is 1.17 bits per heavy atom. The van der Waals surface area contributed by atoms with Crippen LogP contribution in [0.1, 0.15) is 11.1 Å². The van der Waals surface area contributed by atoms with Crippen molar-refractivity contribution in [1.29, 1.82) is 0 Å². The van der Waals surface area contributed by atoms with Gasteiger partial charge in [-0.15, -0.1) is 0 Å². The molecule has 24 heavy (non-hydrogen) atoms. The Labute approximate surface area is 140 Å². The number of hydrogen-bond donors (Lipinski definition) is 2. The van der Waals surface area contributed by atoms with E-state index in [1.807, 2.05) is 32.2 Å². The molecule has 1 amide bonds. The van der Waals surface area contributed by atoms with Crippen molar-refractivity contribution in [3.63, 3.8) is 0 Å². The fourth-order valence-corrected chi connectivity index (χ4v) is 2.49. The number of rotatable bonds is 6. The van der Waals surface area contributed by atoms with E-state index in [0.717, 1.165) is 33.9 Å². The molecular weight excluding hydrogens is 314 g/mol. The number of hydrogen-bond acceptors (Lipinski definition) is 2. The molecule has 0 aromatic heterocycles. The van der Waals surface area contributed by atoms with Gasteiger partial charge >= 0.3 is 0 Å². The summed E-state index contributed by atoms with van der Waals surface area (Å²) in [5, 5.41) is 2.57. The number of ether oxygens (including phenoxy) is 1. The highest BCUT2D eigenvalue weighted by atomic mass is 19.2. The van der Waals surface area contributed by atoms with Gasteiger partial charge in [0.15, 0.2) is 18.2 Å². The van der Waals surface area contributed by atoms with Crippen LogP contribution in [0.25, 0.3) is 0 Å². The van der Waals surface area contributed by atoms with E-state index in [0.29, 0.717) is 6.54 Å². The lowest BCUT2D eigenvalue weighted by atomic mass is 10.1. The van der Waals surface area contributed by atoms with E-state index in [1.165, 1.54) is 6.07 Å². The Kier molecular flexibility index (Phi) is 5.87. The molecule has 4 nitrogen and oxygen atoms in total. The number of carbonyl (C=O) groups is 1. The van der Waals surface area contributed by atoms with Crippen molar-refractivity contribution in [3.8, 4) is 5.75 Å². The molecule has 0 aliphatic carbocycles. The van der Waals surface area contributed by atoms with Gasteiger partial charge < -0.3 is 15.0 Å². The Balaban J connectivity index is 1.96. The predicted molar refractivity (Wildman–Crippen MR) is 88.2 cm³/mol. The van der Waals surface area contributed by atoms with E-state index < -0.39 is 11.6 Å². The minimum atomic E-state index is -0.988. The summed E-state index contributed by atoms with van der Waals surface area (Å²) >= 11 is 0. The molecule has 2 aromatic rings. The number of amides is 1. The van der Waals surface area contributed by atoms with Crippen LogP contribution in [0, 0.1) is 18.6 Å². The molecule has 0 bridgehead atoms. The quantitative estimate of drug-likeness (QED) is 0.847. The number of quaternary nitrogens is 1. The third-order valence-electron chi connectivity index (χ3n) is 3.59. The van der Waals surface area contributed by atoms with E-state index in [9.17, 15) is 13.6 Å². The minimum absolute atomic E-state index is 0.191. The molecular formula is C18H21F2N2O2+. The molecule has 128 valence electrons. The lowest BCUT2D eigenvalue weighted by Gasteiger charge is -2.16. The van der Waals surface area contributed by atoms with Gasteiger partial charge in [-0.25, -0.2) is 8.78 Å². The smallest absolute Gasteiger partial charge is 0.279 e. The first-order chi connectivity index (χ1) is 11.4. The van der Waals surface area contributed by atoms with Crippen molar-refractivity contribution >= 4 is 11.6 Å². The molecule has 0 radical (unpaired) electrons. The van der Waals surface area contributed by atoms with Crippen LogP contribution in [0.15, 0.2) is 36.4 Å². The first-order valence-electron chi connectivity index (χ1n) is 7.58. The highest BCUT2D eigenvalue weighted by Gasteiger charge is 2.14. The number of likely N-dealkylation sites (N-methyl/N-ethyl adjacent to an activating group) is 1. The molecule has 0 heterocycles. The molecule has 2 N–H and O–H groups in total. The van der Waals surface area contributed by atoms with Crippen molar-refractivity contribution in [2.75, 3.05) is 26.0 Å². The Bertz CT molecular complexity index is 735. The molecule has 6 heteroatoms. The predicted octanol–water partition coefficient (Wildman–Crippen LogP) is 1.94. The number of halogens is 2. The fraction of sp³-hybridized carbons (Fsp3) is 0.278. The second-order valence-corrected chi connectivity index (χ2v) is 5.80. The van der Waals surface area contributed by atoms with E-state index >= 15 is 0 Å². The van der Waals surface area contributed by atoms with Gasteiger partial charge in [0.1, 0.15) is 12.3 Å². The number of aryl methyl sites for hydroxylation is 1. The monoisotopic (exact) mass is 335 g/mol.